The number of carbonyl (C=O) groups excluding carboxylic acids is 1. The lowest BCUT2D eigenvalue weighted by molar-refractivity contribution is -0.118. The summed E-state index contributed by atoms with van der Waals surface area (Å²) < 4.78 is 0. The third kappa shape index (κ3) is 4.56. The molecule has 1 aromatic rings. The van der Waals surface area contributed by atoms with Crippen LogP contribution >= 0.6 is 23.2 Å². The van der Waals surface area contributed by atoms with Crippen molar-refractivity contribution in [2.24, 2.45) is 0 Å². The van der Waals surface area contributed by atoms with Gasteiger partial charge < -0.3 is 10.4 Å². The Morgan fingerprint density at radius 2 is 2.12 bits per heavy atom. The van der Waals surface area contributed by atoms with Gasteiger partial charge in [0.15, 0.2) is 0 Å². The van der Waals surface area contributed by atoms with Crippen LogP contribution in [0.4, 0.5) is 0 Å². The van der Waals surface area contributed by atoms with E-state index in [9.17, 15) is 9.90 Å². The van der Waals surface area contributed by atoms with E-state index in [1.54, 1.807) is 0 Å². The summed E-state index contributed by atoms with van der Waals surface area (Å²) in [6.45, 7) is 1.94. The third-order valence-electron chi connectivity index (χ3n) is 1.88. The summed E-state index contributed by atoms with van der Waals surface area (Å²) in [6, 6.07) is 2.85. The van der Waals surface area contributed by atoms with Crippen molar-refractivity contribution in [3.05, 3.63) is 27.7 Å². The Hall–Kier alpha value is -1.37. The van der Waals surface area contributed by atoms with Crippen molar-refractivity contribution in [1.29, 1.82) is 0 Å². The molecule has 0 fully saturated rings. The minimum atomic E-state index is -0.0856. The summed E-state index contributed by atoms with van der Waals surface area (Å²) in [5.41, 5.74) is 0.553. The van der Waals surface area contributed by atoms with E-state index in [2.05, 4.69) is 17.2 Å². The highest BCUT2D eigenvalue weighted by Gasteiger charge is 2.03. The van der Waals surface area contributed by atoms with Gasteiger partial charge in [0.05, 0.1) is 10.0 Å². The molecule has 2 N–H and O–H groups in total. The Morgan fingerprint density at radius 3 is 2.76 bits per heavy atom. The highest BCUT2D eigenvalue weighted by atomic mass is 35.5. The molecule has 0 unspecified atom stereocenters. The van der Waals surface area contributed by atoms with E-state index >= 15 is 0 Å². The molecule has 0 heterocycles. The van der Waals surface area contributed by atoms with E-state index < -0.39 is 0 Å². The number of rotatable bonds is 2. The maximum absolute atomic E-state index is 10.6. The first-order valence-electron chi connectivity index (χ1n) is 4.92. The molecule has 1 rings (SSSR count). The Morgan fingerprint density at radius 1 is 1.41 bits per heavy atom. The van der Waals surface area contributed by atoms with Crippen LogP contribution in [-0.4, -0.2) is 17.6 Å². The summed E-state index contributed by atoms with van der Waals surface area (Å²) in [5.74, 6) is 5.53. The average molecular weight is 272 g/mol. The molecule has 0 aromatic heterocycles. The van der Waals surface area contributed by atoms with Crippen molar-refractivity contribution in [3.63, 3.8) is 0 Å². The number of nitrogens with one attached hydrogen (secondary N) is 1. The maximum atomic E-state index is 10.6. The van der Waals surface area contributed by atoms with Gasteiger partial charge in [0.1, 0.15) is 5.75 Å². The number of benzene rings is 1. The SMILES string of the molecule is CC(=O)NCCC#Cc1cc(Cl)c(O)cc1Cl. The molecule has 0 saturated carbocycles. The largest absolute Gasteiger partial charge is 0.506 e. The lowest BCUT2D eigenvalue weighted by atomic mass is 10.2. The summed E-state index contributed by atoms with van der Waals surface area (Å²) in [6.07, 6.45) is 0.522. The molecule has 3 nitrogen and oxygen atoms in total. The monoisotopic (exact) mass is 271 g/mol. The summed E-state index contributed by atoms with van der Waals surface area (Å²) in [7, 11) is 0. The molecule has 0 aliphatic rings. The van der Waals surface area contributed by atoms with E-state index in [1.165, 1.54) is 19.1 Å². The predicted octanol–water partition coefficient (Wildman–Crippen LogP) is 2.58. The number of carbonyl (C=O) groups is 1. The molecular weight excluding hydrogens is 261 g/mol. The van der Waals surface area contributed by atoms with Crippen molar-refractivity contribution in [2.45, 2.75) is 13.3 Å². The van der Waals surface area contributed by atoms with Crippen LogP contribution in [0.15, 0.2) is 12.1 Å². The van der Waals surface area contributed by atoms with Crippen LogP contribution in [0.5, 0.6) is 5.75 Å². The number of phenols is 1. The molecular formula is C12H11Cl2NO2. The number of hydrogen-bond donors (Lipinski definition) is 2. The second kappa shape index (κ2) is 6.39. The Labute approximate surface area is 110 Å². The molecule has 0 aliphatic carbocycles. The third-order valence-corrected chi connectivity index (χ3v) is 2.50. The molecule has 0 atom stereocenters. The predicted molar refractivity (Wildman–Crippen MR) is 68.3 cm³/mol. The van der Waals surface area contributed by atoms with Gasteiger partial charge in [0.2, 0.25) is 5.91 Å². The molecule has 1 aromatic carbocycles. The molecule has 1 amide bonds. The molecule has 0 aliphatic heterocycles. The quantitative estimate of drug-likeness (QED) is 0.642. The van der Waals surface area contributed by atoms with Gasteiger partial charge in [-0.05, 0) is 6.07 Å². The van der Waals surface area contributed by atoms with E-state index in [1.807, 2.05) is 0 Å². The lowest BCUT2D eigenvalue weighted by Gasteiger charge is -2.00. The standard InChI is InChI=1S/C12H11Cl2NO2/c1-8(16)15-5-3-2-4-9-6-11(14)12(17)7-10(9)13/h6-7,17H,3,5H2,1H3,(H,15,16). The Bertz CT molecular complexity index is 489. The fraction of sp³-hybridized carbons (Fsp3) is 0.250. The van der Waals surface area contributed by atoms with Crippen molar-refractivity contribution in [2.75, 3.05) is 6.54 Å². The highest BCUT2D eigenvalue weighted by Crippen LogP contribution is 2.29. The van der Waals surface area contributed by atoms with Gasteiger partial charge in [0.25, 0.3) is 0 Å². The zero-order valence-electron chi connectivity index (χ0n) is 9.18. The van der Waals surface area contributed by atoms with Crippen LogP contribution in [-0.2, 0) is 4.79 Å². The smallest absolute Gasteiger partial charge is 0.216 e. The first kappa shape index (κ1) is 13.7. The minimum absolute atomic E-state index is 0.0690. The molecule has 17 heavy (non-hydrogen) atoms. The van der Waals surface area contributed by atoms with Crippen LogP contribution < -0.4 is 5.32 Å². The Balaban J connectivity index is 2.66. The van der Waals surface area contributed by atoms with E-state index in [0.29, 0.717) is 23.6 Å². The van der Waals surface area contributed by atoms with Crippen molar-refractivity contribution >= 4 is 29.1 Å². The average Bonchev–Trinajstić information content (AvgIpc) is 2.24. The van der Waals surface area contributed by atoms with Crippen LogP contribution in [0, 0.1) is 11.8 Å². The zero-order valence-corrected chi connectivity index (χ0v) is 10.7. The van der Waals surface area contributed by atoms with Crippen LogP contribution in [0.3, 0.4) is 0 Å². The molecule has 0 bridgehead atoms. The number of amides is 1. The van der Waals surface area contributed by atoms with Gasteiger partial charge in [0, 0.05) is 31.5 Å². The van der Waals surface area contributed by atoms with Crippen LogP contribution in [0.2, 0.25) is 10.0 Å². The highest BCUT2D eigenvalue weighted by molar-refractivity contribution is 6.35. The van der Waals surface area contributed by atoms with E-state index in [-0.39, 0.29) is 16.7 Å². The molecule has 5 heteroatoms. The number of aromatic hydroxyl groups is 1. The number of hydrogen-bond acceptors (Lipinski definition) is 2. The minimum Gasteiger partial charge on any atom is -0.506 e. The first-order chi connectivity index (χ1) is 8.00. The van der Waals surface area contributed by atoms with Gasteiger partial charge in [-0.25, -0.2) is 0 Å². The van der Waals surface area contributed by atoms with Crippen LogP contribution in [0.25, 0.3) is 0 Å². The summed E-state index contributed by atoms with van der Waals surface area (Å²) in [5, 5.41) is 12.5. The Kier molecular flexibility index (Phi) is 5.14. The summed E-state index contributed by atoms with van der Waals surface area (Å²) >= 11 is 11.6. The molecule has 0 spiro atoms. The van der Waals surface area contributed by atoms with E-state index in [4.69, 9.17) is 23.2 Å². The normalized spacial score (nSPS) is 9.35. The number of phenolic OH excluding ortho intramolecular Hbond substituents is 1. The summed E-state index contributed by atoms with van der Waals surface area (Å²) in [4.78, 5) is 10.6. The van der Waals surface area contributed by atoms with Crippen LogP contribution in [0.1, 0.15) is 18.9 Å². The molecule has 90 valence electrons. The second-order valence-electron chi connectivity index (χ2n) is 3.32. The van der Waals surface area contributed by atoms with Gasteiger partial charge in [-0.1, -0.05) is 35.0 Å². The van der Waals surface area contributed by atoms with Gasteiger partial charge in [-0.2, -0.15) is 0 Å². The first-order valence-corrected chi connectivity index (χ1v) is 5.67. The molecule has 0 radical (unpaired) electrons. The van der Waals surface area contributed by atoms with Gasteiger partial charge in [-0.3, -0.25) is 4.79 Å². The van der Waals surface area contributed by atoms with E-state index in [0.717, 1.165) is 0 Å². The fourth-order valence-corrected chi connectivity index (χ4v) is 1.46. The zero-order chi connectivity index (χ0) is 12.8. The van der Waals surface area contributed by atoms with Crippen molar-refractivity contribution in [1.82, 2.24) is 5.32 Å². The van der Waals surface area contributed by atoms with Gasteiger partial charge >= 0.3 is 0 Å². The maximum Gasteiger partial charge on any atom is 0.216 e. The second-order valence-corrected chi connectivity index (χ2v) is 4.13. The topological polar surface area (TPSA) is 49.3 Å². The fourth-order valence-electron chi connectivity index (χ4n) is 1.09. The lowest BCUT2D eigenvalue weighted by Crippen LogP contribution is -2.20. The van der Waals surface area contributed by atoms with Gasteiger partial charge in [-0.15, -0.1) is 0 Å². The van der Waals surface area contributed by atoms with Crippen molar-refractivity contribution in [3.8, 4) is 17.6 Å². The number of halogens is 2. The van der Waals surface area contributed by atoms with Crippen molar-refractivity contribution < 1.29 is 9.90 Å². The molecule has 0 saturated heterocycles.